The molecule has 0 aliphatic heterocycles. The molecular formula is CBrClN4. The van der Waals surface area contributed by atoms with Gasteiger partial charge in [-0.2, -0.15) is 0 Å². The van der Waals surface area contributed by atoms with Gasteiger partial charge >= 0.3 is 0 Å². The van der Waals surface area contributed by atoms with Gasteiger partial charge in [-0.3, -0.25) is 0 Å². The third-order valence-electron chi connectivity index (χ3n) is 0.366. The molecule has 0 aliphatic carbocycles. The van der Waals surface area contributed by atoms with Crippen LogP contribution < -0.4 is 0 Å². The quantitative estimate of drug-likeness (QED) is 0.588. The van der Waals surface area contributed by atoms with E-state index in [-0.39, 0.29) is 5.28 Å². The van der Waals surface area contributed by atoms with E-state index in [1.54, 1.807) is 0 Å². The van der Waals surface area contributed by atoms with Gasteiger partial charge in [-0.1, -0.05) is 8.92 Å². The Kier molecular flexibility index (Phi) is 1.25. The first-order valence-corrected chi connectivity index (χ1v) is 2.49. The molecular weight excluding hydrogens is 183 g/mol. The van der Waals surface area contributed by atoms with E-state index in [9.17, 15) is 0 Å². The highest BCUT2D eigenvalue weighted by atomic mass is 79.9. The number of halogens is 2. The molecule has 0 bridgehead atoms. The van der Waals surface area contributed by atoms with Gasteiger partial charge in [0.1, 0.15) is 16.1 Å². The van der Waals surface area contributed by atoms with E-state index in [1.807, 2.05) is 0 Å². The molecule has 0 amide bonds. The topological polar surface area (TPSA) is 43.6 Å². The lowest BCUT2D eigenvalue weighted by molar-refractivity contribution is 0.834. The first-order valence-electron chi connectivity index (χ1n) is 1.41. The Balaban J connectivity index is 3.04. The average Bonchev–Trinajstić information content (AvgIpc) is 1.87. The van der Waals surface area contributed by atoms with Gasteiger partial charge in [0, 0.05) is 0 Å². The first kappa shape index (κ1) is 4.99. The summed E-state index contributed by atoms with van der Waals surface area (Å²) in [6.45, 7) is 0. The minimum atomic E-state index is 0.136. The van der Waals surface area contributed by atoms with Crippen LogP contribution in [0.3, 0.4) is 0 Å². The van der Waals surface area contributed by atoms with Crippen molar-refractivity contribution in [3.63, 3.8) is 0 Å². The Hall–Kier alpha value is -0.160. The summed E-state index contributed by atoms with van der Waals surface area (Å²) in [6.07, 6.45) is 0. The SMILES string of the molecule is Clc1nnn(Br)n1. The van der Waals surface area contributed by atoms with Crippen LogP contribution in [-0.2, 0) is 0 Å². The van der Waals surface area contributed by atoms with Crippen molar-refractivity contribution in [2.45, 2.75) is 0 Å². The monoisotopic (exact) mass is 182 g/mol. The molecule has 0 aromatic carbocycles. The van der Waals surface area contributed by atoms with Crippen LogP contribution in [0.25, 0.3) is 0 Å². The third-order valence-corrected chi connectivity index (χ3v) is 0.818. The largest absolute Gasteiger partial charge is 0.265 e. The van der Waals surface area contributed by atoms with Crippen LogP contribution >= 0.6 is 27.7 Å². The van der Waals surface area contributed by atoms with Gasteiger partial charge in [0.05, 0.1) is 0 Å². The van der Waals surface area contributed by atoms with E-state index < -0.39 is 0 Å². The van der Waals surface area contributed by atoms with Crippen molar-refractivity contribution in [2.24, 2.45) is 0 Å². The molecule has 0 N–H and O–H groups in total. The summed E-state index contributed by atoms with van der Waals surface area (Å²) >= 11 is 8.10. The van der Waals surface area contributed by atoms with Crippen molar-refractivity contribution in [3.8, 4) is 0 Å². The lowest BCUT2D eigenvalue weighted by atomic mass is 11.4. The average molecular weight is 183 g/mol. The summed E-state index contributed by atoms with van der Waals surface area (Å²) in [6, 6.07) is 0. The van der Waals surface area contributed by atoms with Crippen molar-refractivity contribution in [3.05, 3.63) is 5.28 Å². The number of aromatic nitrogens is 4. The molecule has 4 nitrogen and oxygen atoms in total. The summed E-state index contributed by atoms with van der Waals surface area (Å²) in [5.41, 5.74) is 0. The maximum Gasteiger partial charge on any atom is 0.265 e. The zero-order valence-electron chi connectivity index (χ0n) is 3.04. The lowest BCUT2D eigenvalue weighted by Gasteiger charge is -1.68. The number of hydrogen-bond donors (Lipinski definition) is 0. The molecule has 6 heteroatoms. The standard InChI is InChI=1S/CBrClN4/c2-7-5-1(3)4-6-7. The number of tetrazole rings is 1. The Labute approximate surface area is 52.8 Å². The molecule has 0 spiro atoms. The van der Waals surface area contributed by atoms with Gasteiger partial charge in [-0.15, -0.1) is 5.10 Å². The minimum Gasteiger partial charge on any atom is -0.107 e. The number of nitrogens with zero attached hydrogens (tertiary/aromatic N) is 4. The minimum absolute atomic E-state index is 0.136. The molecule has 38 valence electrons. The van der Waals surface area contributed by atoms with Crippen LogP contribution in [0.4, 0.5) is 0 Å². The van der Waals surface area contributed by atoms with Crippen molar-refractivity contribution < 1.29 is 0 Å². The van der Waals surface area contributed by atoms with Crippen LogP contribution in [0, 0.1) is 0 Å². The van der Waals surface area contributed by atoms with Gasteiger partial charge in [0.25, 0.3) is 5.28 Å². The van der Waals surface area contributed by atoms with Crippen LogP contribution in [0.2, 0.25) is 5.28 Å². The third kappa shape index (κ3) is 1.10. The molecule has 0 fully saturated rings. The fraction of sp³-hybridized carbons (Fsp3) is 0. The van der Waals surface area contributed by atoms with Crippen molar-refractivity contribution in [1.29, 1.82) is 0 Å². The second-order valence-electron chi connectivity index (χ2n) is 0.799. The molecule has 0 unspecified atom stereocenters. The van der Waals surface area contributed by atoms with E-state index in [2.05, 4.69) is 31.6 Å². The summed E-state index contributed by atoms with van der Waals surface area (Å²) in [7, 11) is 0. The highest BCUT2D eigenvalue weighted by Crippen LogP contribution is 1.94. The van der Waals surface area contributed by atoms with Crippen LogP contribution in [0.1, 0.15) is 0 Å². The van der Waals surface area contributed by atoms with Crippen LogP contribution in [0.15, 0.2) is 0 Å². The molecule has 0 saturated heterocycles. The summed E-state index contributed by atoms with van der Waals surface area (Å²) in [5, 5.41) is 10.3. The normalized spacial score (nSPS) is 9.43. The molecule has 7 heavy (non-hydrogen) atoms. The number of rotatable bonds is 0. The summed E-state index contributed by atoms with van der Waals surface area (Å²) < 4.78 is 1.11. The molecule has 0 saturated carbocycles. The molecule has 1 rings (SSSR count). The fourth-order valence-electron chi connectivity index (χ4n) is 0.182. The van der Waals surface area contributed by atoms with Gasteiger partial charge in [-0.05, 0) is 16.8 Å². The highest BCUT2D eigenvalue weighted by molar-refractivity contribution is 9.08. The predicted molar refractivity (Wildman–Crippen MR) is 27.2 cm³/mol. The Bertz CT molecular complexity index is 144. The fourth-order valence-corrected chi connectivity index (χ4v) is 0.600. The summed E-state index contributed by atoms with van der Waals surface area (Å²) in [5.74, 6) is 0. The molecule has 0 atom stereocenters. The molecule has 1 aromatic heterocycles. The second kappa shape index (κ2) is 1.75. The van der Waals surface area contributed by atoms with Crippen LogP contribution in [-0.4, -0.2) is 19.2 Å². The number of hydrogen-bond acceptors (Lipinski definition) is 3. The second-order valence-corrected chi connectivity index (χ2v) is 1.77. The van der Waals surface area contributed by atoms with E-state index >= 15 is 0 Å². The van der Waals surface area contributed by atoms with Gasteiger partial charge < -0.3 is 0 Å². The van der Waals surface area contributed by atoms with E-state index in [4.69, 9.17) is 11.6 Å². The Morgan fingerprint density at radius 1 is 1.71 bits per heavy atom. The van der Waals surface area contributed by atoms with Crippen molar-refractivity contribution in [2.75, 3.05) is 0 Å². The zero-order chi connectivity index (χ0) is 5.28. The Morgan fingerprint density at radius 3 is 2.57 bits per heavy atom. The zero-order valence-corrected chi connectivity index (χ0v) is 5.39. The Morgan fingerprint density at radius 2 is 2.43 bits per heavy atom. The molecule has 0 aliphatic rings. The van der Waals surface area contributed by atoms with Crippen molar-refractivity contribution in [1.82, 2.24) is 19.2 Å². The van der Waals surface area contributed by atoms with Crippen molar-refractivity contribution >= 4 is 27.7 Å². The van der Waals surface area contributed by atoms with E-state index in [1.165, 1.54) is 0 Å². The lowest BCUT2D eigenvalue weighted by Crippen LogP contribution is -1.81. The summed E-state index contributed by atoms with van der Waals surface area (Å²) in [4.78, 5) is 0. The van der Waals surface area contributed by atoms with E-state index in [0.29, 0.717) is 0 Å². The first-order chi connectivity index (χ1) is 3.29. The predicted octanol–water partition coefficient (Wildman–Crippen LogP) is 0.484. The maximum absolute atomic E-state index is 5.22. The van der Waals surface area contributed by atoms with Gasteiger partial charge in [-0.25, -0.2) is 0 Å². The molecule has 1 heterocycles. The molecule has 0 radical (unpaired) electrons. The van der Waals surface area contributed by atoms with Crippen LogP contribution in [0.5, 0.6) is 0 Å². The van der Waals surface area contributed by atoms with Gasteiger partial charge in [0.2, 0.25) is 0 Å². The molecule has 1 aromatic rings. The van der Waals surface area contributed by atoms with Gasteiger partial charge in [0.15, 0.2) is 0 Å². The maximum atomic E-state index is 5.22. The smallest absolute Gasteiger partial charge is 0.107 e. The van der Waals surface area contributed by atoms with E-state index in [0.717, 1.165) is 3.82 Å². The highest BCUT2D eigenvalue weighted by Gasteiger charge is 1.90.